The molecule has 1 aromatic heterocycles. The Morgan fingerprint density at radius 2 is 2.15 bits per heavy atom. The Morgan fingerprint density at radius 1 is 1.45 bits per heavy atom. The van der Waals surface area contributed by atoms with Gasteiger partial charge < -0.3 is 15.0 Å². The smallest absolute Gasteiger partial charge is 0.408 e. The third kappa shape index (κ3) is 3.63. The number of nitrogens with zero attached hydrogens (tertiary/aromatic N) is 1. The van der Waals surface area contributed by atoms with E-state index in [0.29, 0.717) is 10.8 Å². The van der Waals surface area contributed by atoms with Crippen LogP contribution in [-0.2, 0) is 4.74 Å². The first kappa shape index (κ1) is 14.7. The van der Waals surface area contributed by atoms with E-state index < -0.39 is 11.7 Å². The predicted molar refractivity (Wildman–Crippen MR) is 78.9 cm³/mol. The number of imidazole rings is 1. The summed E-state index contributed by atoms with van der Waals surface area (Å²) in [6.07, 6.45) is -0.469. The molecule has 0 fully saturated rings. The standard InChI is InChI=1S/C14H18ClN3O2/c1-8(16-13(19)20-14(2,3)4)12-17-10-6-5-9(15)7-11(10)18-12/h5-8H,1-4H3,(H,16,19)(H,17,18)/t8-/m0/s1. The van der Waals surface area contributed by atoms with E-state index in [-0.39, 0.29) is 6.04 Å². The van der Waals surface area contributed by atoms with E-state index in [1.165, 1.54) is 0 Å². The molecule has 5 nitrogen and oxygen atoms in total. The van der Waals surface area contributed by atoms with Gasteiger partial charge in [-0.2, -0.15) is 0 Å². The number of fused-ring (bicyclic) bond motifs is 1. The Balaban J connectivity index is 2.11. The molecular weight excluding hydrogens is 278 g/mol. The van der Waals surface area contributed by atoms with Gasteiger partial charge in [0.1, 0.15) is 11.4 Å². The number of nitrogens with one attached hydrogen (secondary N) is 2. The maximum absolute atomic E-state index is 11.7. The minimum absolute atomic E-state index is 0.281. The van der Waals surface area contributed by atoms with Crippen molar-refractivity contribution < 1.29 is 9.53 Å². The number of H-pyrrole nitrogens is 1. The molecule has 6 heteroatoms. The van der Waals surface area contributed by atoms with Crippen molar-refractivity contribution in [1.82, 2.24) is 15.3 Å². The zero-order valence-electron chi connectivity index (χ0n) is 12.0. The van der Waals surface area contributed by atoms with Crippen LogP contribution in [0.4, 0.5) is 4.79 Å². The summed E-state index contributed by atoms with van der Waals surface area (Å²) in [5.74, 6) is 0.660. The Bertz CT molecular complexity index is 631. The van der Waals surface area contributed by atoms with Gasteiger partial charge >= 0.3 is 6.09 Å². The number of ether oxygens (including phenoxy) is 1. The van der Waals surface area contributed by atoms with Gasteiger partial charge in [-0.25, -0.2) is 9.78 Å². The lowest BCUT2D eigenvalue weighted by atomic mass is 10.2. The number of carbonyl (C=O) groups excluding carboxylic acids is 1. The number of aromatic nitrogens is 2. The summed E-state index contributed by atoms with van der Waals surface area (Å²) in [5.41, 5.74) is 1.12. The van der Waals surface area contributed by atoms with E-state index in [1.54, 1.807) is 12.1 Å². The van der Waals surface area contributed by atoms with Crippen LogP contribution < -0.4 is 5.32 Å². The molecule has 108 valence electrons. The number of carbonyl (C=O) groups is 1. The Kier molecular flexibility index (Phi) is 3.90. The average Bonchev–Trinajstić information content (AvgIpc) is 2.68. The van der Waals surface area contributed by atoms with Crippen LogP contribution in [0, 0.1) is 0 Å². The molecule has 20 heavy (non-hydrogen) atoms. The van der Waals surface area contributed by atoms with Crippen LogP contribution in [0.3, 0.4) is 0 Å². The van der Waals surface area contributed by atoms with E-state index in [4.69, 9.17) is 16.3 Å². The topological polar surface area (TPSA) is 67.0 Å². The second-order valence-corrected chi connectivity index (χ2v) is 6.09. The van der Waals surface area contributed by atoms with Gasteiger partial charge in [0.15, 0.2) is 0 Å². The zero-order valence-corrected chi connectivity index (χ0v) is 12.7. The van der Waals surface area contributed by atoms with E-state index >= 15 is 0 Å². The quantitative estimate of drug-likeness (QED) is 0.885. The van der Waals surface area contributed by atoms with Gasteiger partial charge in [0.25, 0.3) is 0 Å². The van der Waals surface area contributed by atoms with Crippen molar-refractivity contribution in [3.05, 3.63) is 29.0 Å². The monoisotopic (exact) mass is 295 g/mol. The summed E-state index contributed by atoms with van der Waals surface area (Å²) in [6, 6.07) is 5.13. The molecule has 0 bridgehead atoms. The van der Waals surface area contributed by atoms with Gasteiger partial charge in [-0.1, -0.05) is 11.6 Å². The second kappa shape index (κ2) is 5.32. The first-order valence-electron chi connectivity index (χ1n) is 6.39. The fraction of sp³-hybridized carbons (Fsp3) is 0.429. The molecule has 0 unspecified atom stereocenters. The first-order valence-corrected chi connectivity index (χ1v) is 6.77. The number of alkyl carbamates (subject to hydrolysis) is 1. The molecule has 0 radical (unpaired) electrons. The van der Waals surface area contributed by atoms with Crippen molar-refractivity contribution in [2.24, 2.45) is 0 Å². The van der Waals surface area contributed by atoms with Crippen molar-refractivity contribution in [3.63, 3.8) is 0 Å². The molecule has 1 heterocycles. The van der Waals surface area contributed by atoms with Crippen molar-refractivity contribution in [2.45, 2.75) is 39.3 Å². The van der Waals surface area contributed by atoms with E-state index in [9.17, 15) is 4.79 Å². The third-order valence-electron chi connectivity index (χ3n) is 2.61. The maximum atomic E-state index is 11.7. The van der Waals surface area contributed by atoms with Gasteiger partial charge in [0.2, 0.25) is 0 Å². The molecule has 0 aliphatic carbocycles. The van der Waals surface area contributed by atoms with Crippen LogP contribution in [0.25, 0.3) is 11.0 Å². The van der Waals surface area contributed by atoms with Gasteiger partial charge in [-0.05, 0) is 45.9 Å². The molecule has 0 aliphatic heterocycles. The van der Waals surface area contributed by atoms with E-state index in [2.05, 4.69) is 15.3 Å². The Hall–Kier alpha value is -1.75. The van der Waals surface area contributed by atoms with Gasteiger partial charge in [-0.15, -0.1) is 0 Å². The molecule has 0 spiro atoms. The number of aromatic amines is 1. The maximum Gasteiger partial charge on any atom is 0.408 e. The van der Waals surface area contributed by atoms with Crippen LogP contribution in [-0.4, -0.2) is 21.7 Å². The molecule has 0 aliphatic rings. The zero-order chi connectivity index (χ0) is 14.9. The van der Waals surface area contributed by atoms with E-state index in [1.807, 2.05) is 33.8 Å². The lowest BCUT2D eigenvalue weighted by molar-refractivity contribution is 0.0506. The van der Waals surface area contributed by atoms with Crippen molar-refractivity contribution in [3.8, 4) is 0 Å². The molecule has 0 saturated carbocycles. The summed E-state index contributed by atoms with van der Waals surface area (Å²) in [7, 11) is 0. The third-order valence-corrected chi connectivity index (χ3v) is 2.84. The largest absolute Gasteiger partial charge is 0.444 e. The van der Waals surface area contributed by atoms with Crippen molar-refractivity contribution in [2.75, 3.05) is 0 Å². The Labute approximate surface area is 122 Å². The van der Waals surface area contributed by atoms with E-state index in [0.717, 1.165) is 11.0 Å². The molecule has 1 amide bonds. The highest BCUT2D eigenvalue weighted by Gasteiger charge is 2.19. The molecule has 2 aromatic rings. The highest BCUT2D eigenvalue weighted by atomic mass is 35.5. The number of hydrogen-bond donors (Lipinski definition) is 2. The molecule has 1 atom stereocenters. The Morgan fingerprint density at radius 3 is 2.80 bits per heavy atom. The van der Waals surface area contributed by atoms with Gasteiger partial charge in [-0.3, -0.25) is 0 Å². The molecular formula is C14H18ClN3O2. The van der Waals surface area contributed by atoms with Crippen LogP contribution in [0.2, 0.25) is 5.02 Å². The summed E-state index contributed by atoms with van der Waals surface area (Å²) in [4.78, 5) is 19.3. The summed E-state index contributed by atoms with van der Waals surface area (Å²) in [6.45, 7) is 7.30. The fourth-order valence-corrected chi connectivity index (χ4v) is 1.93. The summed E-state index contributed by atoms with van der Waals surface area (Å²) in [5, 5.41) is 3.38. The predicted octanol–water partition coefficient (Wildman–Crippen LogP) is 3.80. The van der Waals surface area contributed by atoms with Crippen molar-refractivity contribution in [1.29, 1.82) is 0 Å². The SMILES string of the molecule is C[C@H](NC(=O)OC(C)(C)C)c1nc2ccc(Cl)cc2[nH]1. The number of benzene rings is 1. The normalized spacial score (nSPS) is 13.2. The first-order chi connectivity index (χ1) is 9.24. The number of hydrogen-bond acceptors (Lipinski definition) is 3. The molecule has 2 rings (SSSR count). The number of halogens is 1. The van der Waals surface area contributed by atoms with Crippen LogP contribution in [0.5, 0.6) is 0 Å². The van der Waals surface area contributed by atoms with Crippen molar-refractivity contribution >= 4 is 28.7 Å². The van der Waals surface area contributed by atoms with Gasteiger partial charge in [0, 0.05) is 5.02 Å². The number of rotatable bonds is 2. The minimum Gasteiger partial charge on any atom is -0.444 e. The average molecular weight is 296 g/mol. The minimum atomic E-state index is -0.523. The number of amides is 1. The molecule has 0 saturated heterocycles. The van der Waals surface area contributed by atoms with Gasteiger partial charge in [0.05, 0.1) is 17.1 Å². The summed E-state index contributed by atoms with van der Waals surface area (Å²) >= 11 is 5.93. The summed E-state index contributed by atoms with van der Waals surface area (Å²) < 4.78 is 5.21. The van der Waals surface area contributed by atoms with Crippen LogP contribution in [0.15, 0.2) is 18.2 Å². The molecule has 1 aromatic carbocycles. The lowest BCUT2D eigenvalue weighted by Gasteiger charge is -2.21. The van der Waals surface area contributed by atoms with Crippen LogP contribution in [0.1, 0.15) is 39.6 Å². The molecule has 2 N–H and O–H groups in total. The highest BCUT2D eigenvalue weighted by molar-refractivity contribution is 6.31. The fourth-order valence-electron chi connectivity index (χ4n) is 1.76. The van der Waals surface area contributed by atoms with Crippen LogP contribution >= 0.6 is 11.6 Å². The second-order valence-electron chi connectivity index (χ2n) is 5.65. The highest BCUT2D eigenvalue weighted by Crippen LogP contribution is 2.20. The lowest BCUT2D eigenvalue weighted by Crippen LogP contribution is -2.34.